The summed E-state index contributed by atoms with van der Waals surface area (Å²) in [6.45, 7) is 19.0. The summed E-state index contributed by atoms with van der Waals surface area (Å²) < 4.78 is 0. The molecule has 1 saturated carbocycles. The standard InChI is InChI=1S/C23H46N4/c1-17(18(2)26-13-8-20(25)23(16-26)11-12-23)7-10-22(6)15-27(21(3,4)5)14-9-19(22)24/h17-20H,7-16,24-25H2,1-6H3/t17?,18?,19-,20?,22?/m0/s1. The number of hydrogen-bond donors (Lipinski definition) is 2. The summed E-state index contributed by atoms with van der Waals surface area (Å²) in [7, 11) is 0. The third-order valence-corrected chi connectivity index (χ3v) is 8.60. The van der Waals surface area contributed by atoms with Crippen molar-refractivity contribution in [3.8, 4) is 0 Å². The van der Waals surface area contributed by atoms with E-state index in [1.807, 2.05) is 0 Å². The van der Waals surface area contributed by atoms with Gasteiger partial charge in [0, 0.05) is 43.3 Å². The van der Waals surface area contributed by atoms with E-state index < -0.39 is 0 Å². The molecule has 0 aromatic heterocycles. The van der Waals surface area contributed by atoms with Crippen LogP contribution in [0, 0.1) is 16.7 Å². The minimum absolute atomic E-state index is 0.238. The zero-order chi connectivity index (χ0) is 20.0. The zero-order valence-electron chi connectivity index (χ0n) is 18.9. The minimum atomic E-state index is 0.238. The van der Waals surface area contributed by atoms with Gasteiger partial charge in [-0.05, 0) is 89.5 Å². The molecule has 5 atom stereocenters. The van der Waals surface area contributed by atoms with E-state index in [1.54, 1.807) is 0 Å². The molecule has 0 amide bonds. The Balaban J connectivity index is 1.55. The number of hydrogen-bond acceptors (Lipinski definition) is 4. The fourth-order valence-electron chi connectivity index (χ4n) is 5.52. The summed E-state index contributed by atoms with van der Waals surface area (Å²) in [6.07, 6.45) is 7.52. The molecule has 2 saturated heterocycles. The van der Waals surface area contributed by atoms with Gasteiger partial charge in [0.05, 0.1) is 0 Å². The van der Waals surface area contributed by atoms with Gasteiger partial charge in [-0.3, -0.25) is 9.80 Å². The topological polar surface area (TPSA) is 58.5 Å². The van der Waals surface area contributed by atoms with Gasteiger partial charge in [0.1, 0.15) is 0 Å². The third kappa shape index (κ3) is 4.55. The Bertz CT molecular complexity index is 509. The van der Waals surface area contributed by atoms with E-state index in [4.69, 9.17) is 11.5 Å². The number of nitrogens with two attached hydrogens (primary N) is 2. The largest absolute Gasteiger partial charge is 0.327 e. The normalized spacial score (nSPS) is 37.3. The van der Waals surface area contributed by atoms with Gasteiger partial charge in [0.2, 0.25) is 0 Å². The molecule has 0 radical (unpaired) electrons. The summed E-state index contributed by atoms with van der Waals surface area (Å²) in [4.78, 5) is 5.39. The Morgan fingerprint density at radius 1 is 1.00 bits per heavy atom. The summed E-state index contributed by atoms with van der Waals surface area (Å²) in [5.74, 6) is 0.712. The van der Waals surface area contributed by atoms with Crippen LogP contribution in [0.25, 0.3) is 0 Å². The zero-order valence-corrected chi connectivity index (χ0v) is 18.9. The molecule has 158 valence electrons. The summed E-state index contributed by atoms with van der Waals surface area (Å²) >= 11 is 0. The molecular weight excluding hydrogens is 332 g/mol. The first-order chi connectivity index (χ1) is 12.5. The van der Waals surface area contributed by atoms with Crippen LogP contribution in [0.1, 0.15) is 80.1 Å². The average Bonchev–Trinajstić information content (AvgIpc) is 3.37. The molecule has 1 spiro atoms. The molecule has 27 heavy (non-hydrogen) atoms. The maximum atomic E-state index is 6.63. The van der Waals surface area contributed by atoms with Crippen LogP contribution >= 0.6 is 0 Å². The molecule has 0 aromatic carbocycles. The van der Waals surface area contributed by atoms with Gasteiger partial charge in [-0.1, -0.05) is 13.8 Å². The van der Waals surface area contributed by atoms with Crippen LogP contribution in [0.2, 0.25) is 0 Å². The van der Waals surface area contributed by atoms with E-state index in [0.29, 0.717) is 29.5 Å². The summed E-state index contributed by atoms with van der Waals surface area (Å²) in [5, 5.41) is 0. The Hall–Kier alpha value is -0.160. The first-order valence-corrected chi connectivity index (χ1v) is 11.5. The molecule has 4 unspecified atom stereocenters. The van der Waals surface area contributed by atoms with Gasteiger partial charge in [-0.15, -0.1) is 0 Å². The van der Waals surface area contributed by atoms with Crippen molar-refractivity contribution in [2.75, 3.05) is 26.2 Å². The second kappa shape index (κ2) is 7.59. The maximum absolute atomic E-state index is 6.63. The summed E-state index contributed by atoms with van der Waals surface area (Å²) in [5.41, 5.74) is 14.0. The highest BCUT2D eigenvalue weighted by Gasteiger charge is 2.51. The van der Waals surface area contributed by atoms with Crippen molar-refractivity contribution in [2.24, 2.45) is 28.2 Å². The third-order valence-electron chi connectivity index (χ3n) is 8.60. The second-order valence-corrected chi connectivity index (χ2v) is 11.6. The highest BCUT2D eigenvalue weighted by atomic mass is 15.2. The van der Waals surface area contributed by atoms with Gasteiger partial charge in [0.15, 0.2) is 0 Å². The van der Waals surface area contributed by atoms with Crippen LogP contribution in [0.15, 0.2) is 0 Å². The molecule has 0 bridgehead atoms. The fourth-order valence-corrected chi connectivity index (χ4v) is 5.52. The molecular formula is C23H46N4. The van der Waals surface area contributed by atoms with Gasteiger partial charge >= 0.3 is 0 Å². The van der Waals surface area contributed by atoms with Crippen molar-refractivity contribution >= 4 is 0 Å². The van der Waals surface area contributed by atoms with Gasteiger partial charge in [-0.25, -0.2) is 0 Å². The molecule has 4 heteroatoms. The van der Waals surface area contributed by atoms with Crippen molar-refractivity contribution in [2.45, 2.75) is 104 Å². The maximum Gasteiger partial charge on any atom is 0.0125 e. The minimum Gasteiger partial charge on any atom is -0.327 e. The first kappa shape index (κ1) is 21.5. The molecule has 3 aliphatic rings. The smallest absolute Gasteiger partial charge is 0.0125 e. The van der Waals surface area contributed by atoms with Crippen molar-refractivity contribution in [1.29, 1.82) is 0 Å². The molecule has 4 N–H and O–H groups in total. The van der Waals surface area contributed by atoms with Gasteiger partial charge in [-0.2, -0.15) is 0 Å². The Kier molecular flexibility index (Phi) is 6.06. The number of rotatable bonds is 5. The monoisotopic (exact) mass is 378 g/mol. The lowest BCUT2D eigenvalue weighted by atomic mass is 9.71. The van der Waals surface area contributed by atoms with Crippen molar-refractivity contribution in [1.82, 2.24) is 9.80 Å². The molecule has 2 heterocycles. The Morgan fingerprint density at radius 3 is 2.22 bits per heavy atom. The van der Waals surface area contributed by atoms with E-state index >= 15 is 0 Å². The molecule has 0 aromatic rings. The highest BCUT2D eigenvalue weighted by molar-refractivity contribution is 5.06. The van der Waals surface area contributed by atoms with Crippen LogP contribution in [0.5, 0.6) is 0 Å². The average molecular weight is 379 g/mol. The Labute approximate surface area is 168 Å². The SMILES string of the molecule is CC(CCC1(C)CN(C(C)(C)C)CC[C@@H]1N)C(C)N1CCC(N)C2(CC2)C1. The molecule has 1 aliphatic carbocycles. The van der Waals surface area contributed by atoms with Crippen molar-refractivity contribution in [3.63, 3.8) is 0 Å². The molecule has 3 fully saturated rings. The summed E-state index contributed by atoms with van der Waals surface area (Å²) in [6, 6.07) is 1.43. The van der Waals surface area contributed by atoms with E-state index in [2.05, 4.69) is 51.3 Å². The van der Waals surface area contributed by atoms with Crippen molar-refractivity contribution in [3.05, 3.63) is 0 Å². The van der Waals surface area contributed by atoms with E-state index in [0.717, 1.165) is 19.5 Å². The van der Waals surface area contributed by atoms with E-state index in [-0.39, 0.29) is 11.0 Å². The van der Waals surface area contributed by atoms with Gasteiger partial charge < -0.3 is 11.5 Å². The lowest BCUT2D eigenvalue weighted by molar-refractivity contribution is 0.00875. The predicted octanol–water partition coefficient (Wildman–Crippen LogP) is 3.44. The van der Waals surface area contributed by atoms with Crippen LogP contribution in [-0.2, 0) is 0 Å². The first-order valence-electron chi connectivity index (χ1n) is 11.5. The lowest BCUT2D eigenvalue weighted by Gasteiger charge is -2.50. The van der Waals surface area contributed by atoms with Crippen LogP contribution in [0.4, 0.5) is 0 Å². The van der Waals surface area contributed by atoms with Crippen LogP contribution < -0.4 is 11.5 Å². The molecule has 2 aliphatic heterocycles. The number of nitrogens with zero attached hydrogens (tertiary/aromatic N) is 2. The quantitative estimate of drug-likeness (QED) is 0.769. The molecule has 4 nitrogen and oxygen atoms in total. The van der Waals surface area contributed by atoms with Crippen LogP contribution in [-0.4, -0.2) is 59.6 Å². The molecule has 3 rings (SSSR count). The lowest BCUT2D eigenvalue weighted by Crippen LogP contribution is -2.58. The second-order valence-electron chi connectivity index (χ2n) is 11.6. The highest BCUT2D eigenvalue weighted by Crippen LogP contribution is 2.52. The van der Waals surface area contributed by atoms with Crippen molar-refractivity contribution < 1.29 is 0 Å². The van der Waals surface area contributed by atoms with E-state index in [9.17, 15) is 0 Å². The van der Waals surface area contributed by atoms with E-state index in [1.165, 1.54) is 45.2 Å². The van der Waals surface area contributed by atoms with Gasteiger partial charge in [0.25, 0.3) is 0 Å². The van der Waals surface area contributed by atoms with Crippen LogP contribution in [0.3, 0.4) is 0 Å². The number of likely N-dealkylation sites (tertiary alicyclic amines) is 2. The predicted molar refractivity (Wildman–Crippen MR) is 116 cm³/mol. The Morgan fingerprint density at radius 2 is 1.63 bits per heavy atom. The number of piperidine rings is 2. The fraction of sp³-hybridized carbons (Fsp3) is 1.00.